The van der Waals surface area contributed by atoms with Gasteiger partial charge in [0.2, 0.25) is 11.9 Å². The van der Waals surface area contributed by atoms with Crippen LogP contribution in [0.2, 0.25) is 0 Å². The maximum Gasteiger partial charge on any atom is 0.220 e. The zero-order chi connectivity index (χ0) is 15.6. The second-order valence-electron chi connectivity index (χ2n) is 5.75. The summed E-state index contributed by atoms with van der Waals surface area (Å²) in [5.74, 6) is 1.50. The van der Waals surface area contributed by atoms with Crippen molar-refractivity contribution in [1.82, 2.24) is 0 Å². The van der Waals surface area contributed by atoms with E-state index in [1.807, 2.05) is 36.1 Å². The summed E-state index contributed by atoms with van der Waals surface area (Å²) in [4.78, 5) is 10.9. The predicted molar refractivity (Wildman–Crippen MR) is 89.2 cm³/mol. The molecule has 1 fully saturated rings. The third-order valence-electron chi connectivity index (χ3n) is 4.24. The number of guanidine groups is 2. The molecule has 0 amide bonds. The normalized spacial score (nSPS) is 20.5. The first-order chi connectivity index (χ1) is 10.6. The summed E-state index contributed by atoms with van der Waals surface area (Å²) in [5.41, 5.74) is 12.6. The zero-order valence-electron chi connectivity index (χ0n) is 13.0. The van der Waals surface area contributed by atoms with Crippen molar-refractivity contribution in [3.8, 4) is 5.75 Å². The van der Waals surface area contributed by atoms with Crippen LogP contribution in [0.25, 0.3) is 0 Å². The van der Waals surface area contributed by atoms with E-state index >= 15 is 0 Å². The SMILES string of the molecule is CCOc1cccc(N2C(N)=NC(N)=NC23CCCCC3)c1. The van der Waals surface area contributed by atoms with Crippen LogP contribution in [0.5, 0.6) is 5.75 Å². The molecule has 1 aromatic rings. The van der Waals surface area contributed by atoms with Crippen molar-refractivity contribution in [1.29, 1.82) is 0 Å². The summed E-state index contributed by atoms with van der Waals surface area (Å²) >= 11 is 0. The van der Waals surface area contributed by atoms with E-state index in [4.69, 9.17) is 16.2 Å². The molecular formula is C16H23N5O. The fourth-order valence-corrected chi connectivity index (χ4v) is 3.37. The Hall–Kier alpha value is -2.24. The van der Waals surface area contributed by atoms with Crippen molar-refractivity contribution >= 4 is 17.6 Å². The second kappa shape index (κ2) is 5.87. The van der Waals surface area contributed by atoms with Gasteiger partial charge in [0.1, 0.15) is 11.4 Å². The van der Waals surface area contributed by atoms with Crippen molar-refractivity contribution in [3.63, 3.8) is 0 Å². The summed E-state index contributed by atoms with van der Waals surface area (Å²) in [6.45, 7) is 2.60. The Balaban J connectivity index is 2.02. The Morgan fingerprint density at radius 1 is 1.23 bits per heavy atom. The molecule has 0 aromatic heterocycles. The molecule has 0 unspecified atom stereocenters. The lowest BCUT2D eigenvalue weighted by atomic mass is 9.87. The first kappa shape index (κ1) is 14.7. The van der Waals surface area contributed by atoms with Gasteiger partial charge in [-0.1, -0.05) is 12.5 Å². The highest BCUT2D eigenvalue weighted by Gasteiger charge is 2.42. The number of benzene rings is 1. The highest BCUT2D eigenvalue weighted by Crippen LogP contribution is 2.40. The Kier molecular flexibility index (Phi) is 3.92. The molecule has 1 heterocycles. The Labute approximate surface area is 130 Å². The minimum Gasteiger partial charge on any atom is -0.494 e. The predicted octanol–water partition coefficient (Wildman–Crippen LogP) is 2.20. The van der Waals surface area contributed by atoms with E-state index in [1.165, 1.54) is 6.42 Å². The first-order valence-electron chi connectivity index (χ1n) is 7.87. The standard InChI is InChI=1S/C16H23N5O/c1-2-22-13-8-6-7-12(11-13)21-15(18)19-14(17)20-16(21)9-4-3-5-10-16/h6-8,11H,2-5,9-10H2,1H3,(H4,17,18,19,20). The maximum absolute atomic E-state index is 6.21. The van der Waals surface area contributed by atoms with Crippen molar-refractivity contribution < 1.29 is 4.74 Å². The topological polar surface area (TPSA) is 89.2 Å². The van der Waals surface area contributed by atoms with Crippen LogP contribution in [-0.4, -0.2) is 24.2 Å². The molecule has 0 bridgehead atoms. The van der Waals surface area contributed by atoms with Gasteiger partial charge in [0, 0.05) is 11.8 Å². The maximum atomic E-state index is 6.21. The molecule has 1 aliphatic carbocycles. The van der Waals surface area contributed by atoms with Gasteiger partial charge in [-0.2, -0.15) is 4.99 Å². The number of nitrogens with zero attached hydrogens (tertiary/aromatic N) is 3. The van der Waals surface area contributed by atoms with E-state index < -0.39 is 5.66 Å². The monoisotopic (exact) mass is 301 g/mol. The van der Waals surface area contributed by atoms with E-state index in [0.717, 1.165) is 37.1 Å². The molecule has 6 nitrogen and oxygen atoms in total. The molecule has 1 aromatic carbocycles. The van der Waals surface area contributed by atoms with Crippen LogP contribution in [0.1, 0.15) is 39.0 Å². The summed E-state index contributed by atoms with van der Waals surface area (Å²) < 4.78 is 5.60. The molecule has 6 heteroatoms. The minimum absolute atomic E-state index is 0.275. The first-order valence-corrected chi connectivity index (χ1v) is 7.87. The fourth-order valence-electron chi connectivity index (χ4n) is 3.37. The molecule has 3 rings (SSSR count). The lowest BCUT2D eigenvalue weighted by molar-refractivity contribution is 0.305. The van der Waals surface area contributed by atoms with E-state index in [2.05, 4.69) is 9.98 Å². The third-order valence-corrected chi connectivity index (χ3v) is 4.24. The summed E-state index contributed by atoms with van der Waals surface area (Å²) in [5, 5.41) is 0. The molecule has 118 valence electrons. The number of nitrogens with two attached hydrogens (primary N) is 2. The fraction of sp³-hybridized carbons (Fsp3) is 0.500. The summed E-state index contributed by atoms with van der Waals surface area (Å²) in [6.07, 6.45) is 5.32. The Morgan fingerprint density at radius 2 is 2.00 bits per heavy atom. The molecule has 4 N–H and O–H groups in total. The number of ether oxygens (including phenoxy) is 1. The van der Waals surface area contributed by atoms with Crippen LogP contribution in [0.3, 0.4) is 0 Å². The van der Waals surface area contributed by atoms with Crippen LogP contribution < -0.4 is 21.1 Å². The Morgan fingerprint density at radius 3 is 2.73 bits per heavy atom. The summed E-state index contributed by atoms with van der Waals surface area (Å²) in [6, 6.07) is 7.90. The highest BCUT2D eigenvalue weighted by molar-refractivity contribution is 6.05. The Bertz CT molecular complexity index is 604. The average molecular weight is 301 g/mol. The number of aliphatic imine (C=N–C) groups is 2. The van der Waals surface area contributed by atoms with Gasteiger partial charge in [-0.25, -0.2) is 4.99 Å². The molecule has 22 heavy (non-hydrogen) atoms. The smallest absolute Gasteiger partial charge is 0.220 e. The van der Waals surface area contributed by atoms with Crippen molar-refractivity contribution in [2.45, 2.75) is 44.7 Å². The molecule has 2 aliphatic rings. The molecule has 0 saturated heterocycles. The van der Waals surface area contributed by atoms with Crippen LogP contribution in [0, 0.1) is 0 Å². The number of hydrogen-bond donors (Lipinski definition) is 2. The number of rotatable bonds is 3. The van der Waals surface area contributed by atoms with E-state index in [1.54, 1.807) is 0 Å². The minimum atomic E-state index is -0.404. The lowest BCUT2D eigenvalue weighted by Crippen LogP contribution is -2.58. The molecule has 1 saturated carbocycles. The van der Waals surface area contributed by atoms with Gasteiger partial charge in [-0.15, -0.1) is 0 Å². The highest BCUT2D eigenvalue weighted by atomic mass is 16.5. The quantitative estimate of drug-likeness (QED) is 0.895. The third kappa shape index (κ3) is 2.61. The molecular weight excluding hydrogens is 278 g/mol. The van der Waals surface area contributed by atoms with E-state index in [-0.39, 0.29) is 5.96 Å². The van der Waals surface area contributed by atoms with Crippen LogP contribution in [0.15, 0.2) is 34.3 Å². The van der Waals surface area contributed by atoms with E-state index in [0.29, 0.717) is 12.6 Å². The van der Waals surface area contributed by atoms with Gasteiger partial charge in [-0.3, -0.25) is 4.90 Å². The molecule has 1 spiro atoms. The second-order valence-corrected chi connectivity index (χ2v) is 5.75. The molecule has 0 atom stereocenters. The van der Waals surface area contributed by atoms with Crippen LogP contribution in [0.4, 0.5) is 5.69 Å². The van der Waals surface area contributed by atoms with Gasteiger partial charge in [0.15, 0.2) is 0 Å². The molecule has 1 aliphatic heterocycles. The average Bonchev–Trinajstić information content (AvgIpc) is 2.48. The number of hydrogen-bond acceptors (Lipinski definition) is 6. The van der Waals surface area contributed by atoms with Crippen LogP contribution in [-0.2, 0) is 0 Å². The van der Waals surface area contributed by atoms with Gasteiger partial charge in [0.05, 0.1) is 6.61 Å². The van der Waals surface area contributed by atoms with E-state index in [9.17, 15) is 0 Å². The van der Waals surface area contributed by atoms with Crippen molar-refractivity contribution in [2.75, 3.05) is 11.5 Å². The van der Waals surface area contributed by atoms with Gasteiger partial charge in [-0.05, 0) is 44.7 Å². The largest absolute Gasteiger partial charge is 0.494 e. The zero-order valence-corrected chi connectivity index (χ0v) is 13.0. The number of anilines is 1. The van der Waals surface area contributed by atoms with Crippen LogP contribution >= 0.6 is 0 Å². The van der Waals surface area contributed by atoms with Gasteiger partial charge >= 0.3 is 0 Å². The van der Waals surface area contributed by atoms with Gasteiger partial charge < -0.3 is 16.2 Å². The summed E-state index contributed by atoms with van der Waals surface area (Å²) in [7, 11) is 0. The molecule has 0 radical (unpaired) electrons. The van der Waals surface area contributed by atoms with Gasteiger partial charge in [0.25, 0.3) is 0 Å². The van der Waals surface area contributed by atoms with Crippen molar-refractivity contribution in [2.24, 2.45) is 21.5 Å². The lowest BCUT2D eigenvalue weighted by Gasteiger charge is -2.45. The van der Waals surface area contributed by atoms with Crippen molar-refractivity contribution in [3.05, 3.63) is 24.3 Å².